The highest BCUT2D eigenvalue weighted by molar-refractivity contribution is 7.86. The lowest BCUT2D eigenvalue weighted by atomic mass is 9.93. The van der Waals surface area contributed by atoms with Gasteiger partial charge in [0.15, 0.2) is 12.4 Å². The summed E-state index contributed by atoms with van der Waals surface area (Å²) >= 11 is 5.65. The third-order valence-corrected chi connectivity index (χ3v) is 6.55. The quantitative estimate of drug-likeness (QED) is 0.297. The maximum Gasteiger partial charge on any atom is 0.410 e. The number of ether oxygens (including phenoxy) is 4. The molecule has 2 aliphatic rings. The summed E-state index contributed by atoms with van der Waals surface area (Å²) in [6.07, 6.45) is -4.11. The number of carbonyl (C=O) groups is 2. The molecule has 2 aromatic carbocycles. The van der Waals surface area contributed by atoms with Crippen molar-refractivity contribution < 1.29 is 41.1 Å². The van der Waals surface area contributed by atoms with Crippen molar-refractivity contribution in [1.29, 1.82) is 0 Å². The van der Waals surface area contributed by atoms with Crippen LogP contribution in [-0.2, 0) is 44.7 Å². The van der Waals surface area contributed by atoms with Crippen LogP contribution in [0, 0.1) is 0 Å². The molecule has 0 aromatic heterocycles. The van der Waals surface area contributed by atoms with Crippen LogP contribution in [0.25, 0.3) is 0 Å². The Labute approximate surface area is 214 Å². The Bertz CT molecular complexity index is 1150. The maximum absolute atomic E-state index is 13.1. The lowest BCUT2D eigenvalue weighted by Crippen LogP contribution is -2.68. The standard InChI is InChI=1S/C24H26ClNO9S/c1-36(29,30)35-19-13-26(24(28)32-14-16-8-4-2-5-9-16)18-15-31-23(17-10-6-3-7-11-17)34-21(18)22(19)33-20(27)12-25/h2-11,18-19,21-23H,12-15H2,1H3/t18-,19+,21-,22-,23?/m1/s1. The number of benzene rings is 2. The van der Waals surface area contributed by atoms with Crippen molar-refractivity contribution in [2.75, 3.05) is 25.3 Å². The summed E-state index contributed by atoms with van der Waals surface area (Å²) in [5.41, 5.74) is 1.47. The summed E-state index contributed by atoms with van der Waals surface area (Å²) in [5.74, 6) is -1.24. The van der Waals surface area contributed by atoms with Crippen molar-refractivity contribution in [1.82, 2.24) is 4.90 Å². The van der Waals surface area contributed by atoms with Gasteiger partial charge >= 0.3 is 12.1 Å². The van der Waals surface area contributed by atoms with Crippen molar-refractivity contribution in [3.8, 4) is 0 Å². The smallest absolute Gasteiger partial charge is 0.410 e. The zero-order valence-corrected chi connectivity index (χ0v) is 21.0. The molecule has 2 aromatic rings. The molecule has 4 rings (SSSR count). The predicted octanol–water partition coefficient (Wildman–Crippen LogP) is 2.62. The van der Waals surface area contributed by atoms with E-state index in [1.54, 1.807) is 24.3 Å². The summed E-state index contributed by atoms with van der Waals surface area (Å²) in [6.45, 7) is -0.222. The average Bonchev–Trinajstić information content (AvgIpc) is 2.88. The lowest BCUT2D eigenvalue weighted by molar-refractivity contribution is -0.283. The second-order valence-corrected chi connectivity index (χ2v) is 10.2. The Morgan fingerprint density at radius 3 is 2.39 bits per heavy atom. The summed E-state index contributed by atoms with van der Waals surface area (Å²) in [5, 5.41) is 0. The number of likely N-dealkylation sites (tertiary alicyclic amines) is 1. The topological polar surface area (TPSA) is 118 Å². The Balaban J connectivity index is 1.62. The SMILES string of the molecule is CS(=O)(=O)O[C@H]1CN(C(=O)OCc2ccccc2)[C@@H]2COC(c3ccccc3)O[C@H]2[C@@H]1OC(=O)CCl. The molecule has 12 heteroatoms. The summed E-state index contributed by atoms with van der Waals surface area (Å²) in [4.78, 5) is 26.6. The molecule has 2 fully saturated rings. The van der Waals surface area contributed by atoms with E-state index >= 15 is 0 Å². The summed E-state index contributed by atoms with van der Waals surface area (Å²) in [6, 6.07) is 17.4. The van der Waals surface area contributed by atoms with E-state index in [9.17, 15) is 18.0 Å². The molecule has 36 heavy (non-hydrogen) atoms. The minimum atomic E-state index is -4.00. The van der Waals surface area contributed by atoms with Gasteiger partial charge in [-0.2, -0.15) is 8.42 Å². The third-order valence-electron chi connectivity index (χ3n) is 5.73. The van der Waals surface area contributed by atoms with Crippen molar-refractivity contribution in [2.45, 2.75) is 37.3 Å². The number of halogens is 1. The van der Waals surface area contributed by atoms with Crippen LogP contribution in [0.5, 0.6) is 0 Å². The zero-order valence-electron chi connectivity index (χ0n) is 19.4. The highest BCUT2D eigenvalue weighted by Crippen LogP contribution is 2.36. The van der Waals surface area contributed by atoms with Gasteiger partial charge < -0.3 is 18.9 Å². The first-order valence-electron chi connectivity index (χ1n) is 11.2. The highest BCUT2D eigenvalue weighted by atomic mass is 35.5. The van der Waals surface area contributed by atoms with E-state index in [0.29, 0.717) is 5.56 Å². The van der Waals surface area contributed by atoms with E-state index in [1.807, 2.05) is 36.4 Å². The molecule has 194 valence electrons. The maximum atomic E-state index is 13.1. The lowest BCUT2D eigenvalue weighted by Gasteiger charge is -2.50. The second-order valence-electron chi connectivity index (χ2n) is 8.36. The third kappa shape index (κ3) is 6.54. The predicted molar refractivity (Wildman–Crippen MR) is 127 cm³/mol. The average molecular weight is 540 g/mol. The van der Waals surface area contributed by atoms with Gasteiger partial charge in [0.05, 0.1) is 25.4 Å². The van der Waals surface area contributed by atoms with Gasteiger partial charge in [-0.3, -0.25) is 13.9 Å². The number of alkyl halides is 1. The molecule has 2 saturated heterocycles. The molecule has 1 unspecified atom stereocenters. The molecular weight excluding hydrogens is 514 g/mol. The van der Waals surface area contributed by atoms with Crippen molar-refractivity contribution in [3.63, 3.8) is 0 Å². The first kappa shape index (κ1) is 26.4. The highest BCUT2D eigenvalue weighted by Gasteiger charge is 2.53. The van der Waals surface area contributed by atoms with Crippen molar-refractivity contribution in [3.05, 3.63) is 71.8 Å². The fraction of sp³-hybridized carbons (Fsp3) is 0.417. The van der Waals surface area contributed by atoms with Crippen LogP contribution >= 0.6 is 11.6 Å². The monoisotopic (exact) mass is 539 g/mol. The van der Waals surface area contributed by atoms with Gasteiger partial charge in [0, 0.05) is 5.56 Å². The minimum absolute atomic E-state index is 0.00414. The molecule has 0 aliphatic carbocycles. The van der Waals surface area contributed by atoms with Crippen LogP contribution in [0.15, 0.2) is 60.7 Å². The molecule has 5 atom stereocenters. The molecule has 2 heterocycles. The number of hydrogen-bond acceptors (Lipinski definition) is 9. The largest absolute Gasteiger partial charge is 0.456 e. The van der Waals surface area contributed by atoms with E-state index in [2.05, 4.69) is 0 Å². The number of rotatable bonds is 7. The van der Waals surface area contributed by atoms with E-state index in [0.717, 1.165) is 11.8 Å². The first-order chi connectivity index (χ1) is 17.2. The summed E-state index contributed by atoms with van der Waals surface area (Å²) in [7, 11) is -4.00. The fourth-order valence-corrected chi connectivity index (χ4v) is 4.88. The van der Waals surface area contributed by atoms with E-state index in [4.69, 9.17) is 34.7 Å². The fourth-order valence-electron chi connectivity index (χ4n) is 4.19. The number of hydrogen-bond donors (Lipinski definition) is 0. The molecule has 0 N–H and O–H groups in total. The number of nitrogens with zero attached hydrogens (tertiary/aromatic N) is 1. The zero-order chi connectivity index (χ0) is 25.7. The molecule has 0 saturated carbocycles. The molecule has 0 bridgehead atoms. The molecule has 0 spiro atoms. The Morgan fingerprint density at radius 1 is 1.08 bits per heavy atom. The Hall–Kier alpha value is -2.70. The van der Waals surface area contributed by atoms with Crippen LogP contribution < -0.4 is 0 Å². The number of piperidine rings is 1. The van der Waals surface area contributed by atoms with E-state index in [-0.39, 0.29) is 19.8 Å². The number of fused-ring (bicyclic) bond motifs is 1. The van der Waals surface area contributed by atoms with Crippen molar-refractivity contribution in [2.24, 2.45) is 0 Å². The second kappa shape index (κ2) is 11.6. The molecular formula is C24H26ClNO9S. The van der Waals surface area contributed by atoms with Crippen LogP contribution in [0.2, 0.25) is 0 Å². The normalized spacial score (nSPS) is 26.1. The molecule has 2 aliphatic heterocycles. The Kier molecular flexibility index (Phi) is 8.47. The number of carbonyl (C=O) groups excluding carboxylic acids is 2. The van der Waals surface area contributed by atoms with Crippen LogP contribution in [0.4, 0.5) is 4.79 Å². The minimum Gasteiger partial charge on any atom is -0.456 e. The Morgan fingerprint density at radius 2 is 1.75 bits per heavy atom. The van der Waals surface area contributed by atoms with Crippen LogP contribution in [0.1, 0.15) is 17.4 Å². The van der Waals surface area contributed by atoms with Gasteiger partial charge in [0.2, 0.25) is 0 Å². The van der Waals surface area contributed by atoms with Crippen molar-refractivity contribution >= 4 is 33.8 Å². The van der Waals surface area contributed by atoms with Gasteiger partial charge in [-0.25, -0.2) is 4.79 Å². The van der Waals surface area contributed by atoms with Gasteiger partial charge in [-0.15, -0.1) is 11.6 Å². The van der Waals surface area contributed by atoms with E-state index in [1.165, 1.54) is 4.90 Å². The van der Waals surface area contributed by atoms with Gasteiger partial charge in [0.1, 0.15) is 24.7 Å². The van der Waals surface area contributed by atoms with E-state index < -0.39 is 58.7 Å². The van der Waals surface area contributed by atoms with Gasteiger partial charge in [-0.1, -0.05) is 60.7 Å². The molecule has 10 nitrogen and oxygen atoms in total. The van der Waals surface area contributed by atoms with Crippen LogP contribution in [-0.4, -0.2) is 75.0 Å². The number of esters is 1. The van der Waals surface area contributed by atoms with Crippen LogP contribution in [0.3, 0.4) is 0 Å². The van der Waals surface area contributed by atoms with Gasteiger partial charge in [-0.05, 0) is 5.56 Å². The molecule has 1 amide bonds. The summed E-state index contributed by atoms with van der Waals surface area (Å²) < 4.78 is 52.4. The molecule has 0 radical (unpaired) electrons. The van der Waals surface area contributed by atoms with Gasteiger partial charge in [0.25, 0.3) is 10.1 Å². The first-order valence-corrected chi connectivity index (χ1v) is 13.5. The number of amides is 1.